The average Bonchev–Trinajstić information content (AvgIpc) is 2.93. The van der Waals surface area contributed by atoms with Crippen LogP contribution in [0.1, 0.15) is 29.3 Å². The van der Waals surface area contributed by atoms with Gasteiger partial charge in [-0.1, -0.05) is 30.7 Å². The van der Waals surface area contributed by atoms with E-state index in [-0.39, 0.29) is 6.04 Å². The molecule has 0 fully saturated rings. The van der Waals surface area contributed by atoms with Gasteiger partial charge in [-0.25, -0.2) is 4.98 Å². The quantitative estimate of drug-likeness (QED) is 0.841. The number of aryl methyl sites for hydroxylation is 1. The summed E-state index contributed by atoms with van der Waals surface area (Å²) >= 11 is 7.45. The van der Waals surface area contributed by atoms with Crippen molar-refractivity contribution in [3.63, 3.8) is 0 Å². The SMILES string of the molecule is CC[C@H](NC(=O)C(=O)Nc1ccccc1Cl)c1ncc(C)s1. The van der Waals surface area contributed by atoms with Crippen LogP contribution < -0.4 is 10.6 Å². The third kappa shape index (κ3) is 4.05. The zero-order valence-electron chi connectivity index (χ0n) is 12.2. The summed E-state index contributed by atoms with van der Waals surface area (Å²) in [5.74, 6) is -1.46. The number of nitrogens with one attached hydrogen (secondary N) is 2. The average molecular weight is 338 g/mol. The molecular formula is C15H16ClN3O2S. The number of carbonyl (C=O) groups excluding carboxylic acids is 2. The molecule has 0 bridgehead atoms. The van der Waals surface area contributed by atoms with Gasteiger partial charge in [-0.2, -0.15) is 0 Å². The highest BCUT2D eigenvalue weighted by Gasteiger charge is 2.21. The fourth-order valence-electron chi connectivity index (χ4n) is 1.84. The molecule has 0 aliphatic carbocycles. The van der Waals surface area contributed by atoms with Crippen LogP contribution in [0.5, 0.6) is 0 Å². The monoisotopic (exact) mass is 337 g/mol. The molecule has 0 unspecified atom stereocenters. The van der Waals surface area contributed by atoms with Gasteiger partial charge in [0.15, 0.2) is 0 Å². The Kier molecular flexibility index (Phi) is 5.51. The summed E-state index contributed by atoms with van der Waals surface area (Å²) in [5, 5.41) is 6.36. The Morgan fingerprint density at radius 1 is 1.32 bits per heavy atom. The summed E-state index contributed by atoms with van der Waals surface area (Å²) in [6.07, 6.45) is 2.40. The minimum atomic E-state index is -0.750. The summed E-state index contributed by atoms with van der Waals surface area (Å²) in [4.78, 5) is 29.3. The fourth-order valence-corrected chi connectivity index (χ4v) is 2.93. The fraction of sp³-hybridized carbons (Fsp3) is 0.267. The normalized spacial score (nSPS) is 11.8. The second kappa shape index (κ2) is 7.38. The van der Waals surface area contributed by atoms with Crippen molar-refractivity contribution in [2.45, 2.75) is 26.3 Å². The molecule has 0 spiro atoms. The number of hydrogen-bond donors (Lipinski definition) is 2. The number of hydrogen-bond acceptors (Lipinski definition) is 4. The number of rotatable bonds is 4. The van der Waals surface area contributed by atoms with Crippen molar-refractivity contribution >= 4 is 40.4 Å². The van der Waals surface area contributed by atoms with Crippen LogP contribution in [0.15, 0.2) is 30.5 Å². The third-order valence-corrected chi connectivity index (χ3v) is 4.34. The molecule has 1 aromatic heterocycles. The zero-order chi connectivity index (χ0) is 16.1. The van der Waals surface area contributed by atoms with Crippen molar-refractivity contribution in [3.05, 3.63) is 45.4 Å². The lowest BCUT2D eigenvalue weighted by atomic mass is 10.2. The second-order valence-corrected chi connectivity index (χ2v) is 6.35. The smallest absolute Gasteiger partial charge is 0.313 e. The number of aromatic nitrogens is 1. The van der Waals surface area contributed by atoms with Crippen LogP contribution in [0.4, 0.5) is 5.69 Å². The maximum atomic E-state index is 12.0. The zero-order valence-corrected chi connectivity index (χ0v) is 13.8. The van der Waals surface area contributed by atoms with E-state index in [1.54, 1.807) is 30.5 Å². The molecule has 7 heteroatoms. The number of halogens is 1. The predicted octanol–water partition coefficient (Wildman–Crippen LogP) is 3.31. The van der Waals surface area contributed by atoms with Crippen LogP contribution in [0.25, 0.3) is 0 Å². The number of nitrogens with zero attached hydrogens (tertiary/aromatic N) is 1. The van der Waals surface area contributed by atoms with Crippen molar-refractivity contribution in [2.75, 3.05) is 5.32 Å². The Balaban J connectivity index is 2.01. The predicted molar refractivity (Wildman–Crippen MR) is 88.1 cm³/mol. The molecule has 116 valence electrons. The summed E-state index contributed by atoms with van der Waals surface area (Å²) in [7, 11) is 0. The molecule has 1 heterocycles. The van der Waals surface area contributed by atoms with Gasteiger partial charge >= 0.3 is 11.8 Å². The molecule has 2 N–H and O–H groups in total. The summed E-state index contributed by atoms with van der Waals surface area (Å²) in [5.41, 5.74) is 0.405. The molecule has 0 saturated heterocycles. The first kappa shape index (κ1) is 16.5. The molecule has 0 aliphatic heterocycles. The topological polar surface area (TPSA) is 71.1 Å². The van der Waals surface area contributed by atoms with Crippen LogP contribution in [0, 0.1) is 6.92 Å². The number of thiazole rings is 1. The van der Waals surface area contributed by atoms with E-state index in [0.29, 0.717) is 17.1 Å². The van der Waals surface area contributed by atoms with Crippen molar-refractivity contribution in [2.24, 2.45) is 0 Å². The number of anilines is 1. The van der Waals surface area contributed by atoms with Crippen LogP contribution in [0.2, 0.25) is 5.02 Å². The lowest BCUT2D eigenvalue weighted by Crippen LogP contribution is -2.37. The number of para-hydroxylation sites is 1. The summed E-state index contributed by atoms with van der Waals surface area (Å²) in [6.45, 7) is 3.87. The Labute approximate surface area is 137 Å². The molecule has 2 rings (SSSR count). The highest BCUT2D eigenvalue weighted by molar-refractivity contribution is 7.11. The molecule has 2 aromatic rings. The lowest BCUT2D eigenvalue weighted by molar-refractivity contribution is -0.136. The van der Waals surface area contributed by atoms with Gasteiger partial charge in [0, 0.05) is 11.1 Å². The van der Waals surface area contributed by atoms with Gasteiger partial charge in [-0.15, -0.1) is 11.3 Å². The number of benzene rings is 1. The van der Waals surface area contributed by atoms with E-state index in [1.807, 2.05) is 13.8 Å². The van der Waals surface area contributed by atoms with Crippen LogP contribution in [-0.2, 0) is 9.59 Å². The summed E-state index contributed by atoms with van der Waals surface area (Å²) < 4.78 is 0. The van der Waals surface area contributed by atoms with Crippen molar-refractivity contribution in [1.82, 2.24) is 10.3 Å². The molecule has 5 nitrogen and oxygen atoms in total. The first-order valence-corrected chi connectivity index (χ1v) is 7.99. The highest BCUT2D eigenvalue weighted by Crippen LogP contribution is 2.22. The van der Waals surface area contributed by atoms with E-state index in [1.165, 1.54) is 11.3 Å². The van der Waals surface area contributed by atoms with E-state index in [2.05, 4.69) is 15.6 Å². The Morgan fingerprint density at radius 2 is 2.05 bits per heavy atom. The second-order valence-electron chi connectivity index (χ2n) is 4.68. The number of amides is 2. The van der Waals surface area contributed by atoms with Gasteiger partial charge < -0.3 is 10.6 Å². The first-order chi connectivity index (χ1) is 10.5. The minimum absolute atomic E-state index is 0.275. The number of carbonyl (C=O) groups is 2. The Bertz CT molecular complexity index is 687. The maximum Gasteiger partial charge on any atom is 0.313 e. The first-order valence-electron chi connectivity index (χ1n) is 6.80. The van der Waals surface area contributed by atoms with Crippen LogP contribution in [0.3, 0.4) is 0 Å². The van der Waals surface area contributed by atoms with Gasteiger partial charge in [0.2, 0.25) is 0 Å². The van der Waals surface area contributed by atoms with Gasteiger partial charge in [0.1, 0.15) is 5.01 Å². The molecule has 0 aliphatic rings. The van der Waals surface area contributed by atoms with Crippen molar-refractivity contribution < 1.29 is 9.59 Å². The van der Waals surface area contributed by atoms with Crippen molar-refractivity contribution in [1.29, 1.82) is 0 Å². The molecule has 1 atom stereocenters. The molecule has 22 heavy (non-hydrogen) atoms. The molecule has 2 amide bonds. The van der Waals surface area contributed by atoms with Crippen molar-refractivity contribution in [3.8, 4) is 0 Å². The van der Waals surface area contributed by atoms with Gasteiger partial charge in [-0.05, 0) is 25.5 Å². The van der Waals surface area contributed by atoms with E-state index in [4.69, 9.17) is 11.6 Å². The van der Waals surface area contributed by atoms with Crippen LogP contribution >= 0.6 is 22.9 Å². The molecule has 0 radical (unpaired) electrons. The molecule has 0 saturated carbocycles. The minimum Gasteiger partial charge on any atom is -0.339 e. The van der Waals surface area contributed by atoms with Gasteiger partial charge in [0.25, 0.3) is 0 Å². The highest BCUT2D eigenvalue weighted by atomic mass is 35.5. The van der Waals surface area contributed by atoms with Gasteiger partial charge in [0.05, 0.1) is 16.8 Å². The summed E-state index contributed by atoms with van der Waals surface area (Å²) in [6, 6.07) is 6.48. The Morgan fingerprint density at radius 3 is 2.64 bits per heavy atom. The standard InChI is InChI=1S/C15H16ClN3O2S/c1-3-11(15-17-8-9(2)22-15)18-13(20)14(21)19-12-7-5-4-6-10(12)16/h4-8,11H,3H2,1-2H3,(H,18,20)(H,19,21)/t11-/m0/s1. The largest absolute Gasteiger partial charge is 0.339 e. The van der Waals surface area contributed by atoms with E-state index in [0.717, 1.165) is 9.88 Å². The van der Waals surface area contributed by atoms with E-state index in [9.17, 15) is 9.59 Å². The van der Waals surface area contributed by atoms with Gasteiger partial charge in [-0.3, -0.25) is 9.59 Å². The third-order valence-electron chi connectivity index (χ3n) is 2.98. The molecular weight excluding hydrogens is 322 g/mol. The van der Waals surface area contributed by atoms with E-state index < -0.39 is 11.8 Å². The van der Waals surface area contributed by atoms with Crippen LogP contribution in [-0.4, -0.2) is 16.8 Å². The van der Waals surface area contributed by atoms with E-state index >= 15 is 0 Å². The maximum absolute atomic E-state index is 12.0. The molecule has 1 aromatic carbocycles. The Hall–Kier alpha value is -1.92. The lowest BCUT2D eigenvalue weighted by Gasteiger charge is -2.14.